The number of aromatic nitrogens is 1. The largest absolute Gasteiger partial charge is 0.488 e. The molecule has 1 aromatic heterocycles. The number of ether oxygens (including phenoxy) is 1. The molecule has 1 N–H and O–H groups in total. The Hall–Kier alpha value is -4.14. The molecule has 1 heterocycles. The Bertz CT molecular complexity index is 1410. The second kappa shape index (κ2) is 9.25. The Balaban J connectivity index is 1.83. The van der Waals surface area contributed by atoms with E-state index in [4.69, 9.17) is 4.74 Å². The van der Waals surface area contributed by atoms with Crippen LogP contribution in [0.15, 0.2) is 72.8 Å². The summed E-state index contributed by atoms with van der Waals surface area (Å²) in [4.78, 5) is 11.4. The number of carboxylic acids is 1. The van der Waals surface area contributed by atoms with Crippen LogP contribution >= 0.6 is 0 Å². The van der Waals surface area contributed by atoms with Crippen LogP contribution in [0.3, 0.4) is 0 Å². The minimum atomic E-state index is -4.63. The van der Waals surface area contributed by atoms with E-state index in [1.54, 1.807) is 29.7 Å². The summed E-state index contributed by atoms with van der Waals surface area (Å²) >= 11 is 0. The quantitative estimate of drug-likeness (QED) is 0.297. The minimum Gasteiger partial charge on any atom is -0.488 e. The fourth-order valence-electron chi connectivity index (χ4n) is 3.70. The molecule has 35 heavy (non-hydrogen) atoms. The molecule has 3 aromatic carbocycles. The zero-order valence-corrected chi connectivity index (χ0v) is 18.2. The molecule has 0 fully saturated rings. The highest BCUT2D eigenvalue weighted by Gasteiger charge is 2.32. The third-order valence-corrected chi connectivity index (χ3v) is 5.41. The van der Waals surface area contributed by atoms with Gasteiger partial charge < -0.3 is 14.4 Å². The molecule has 0 unspecified atom stereocenters. The van der Waals surface area contributed by atoms with Gasteiger partial charge in [0.05, 0.1) is 16.8 Å². The Kier molecular flexibility index (Phi) is 6.34. The predicted molar refractivity (Wildman–Crippen MR) is 119 cm³/mol. The molecule has 0 bridgehead atoms. The van der Waals surface area contributed by atoms with E-state index in [2.05, 4.69) is 0 Å². The topological polar surface area (TPSA) is 51.5 Å². The van der Waals surface area contributed by atoms with Crippen LogP contribution in [0.5, 0.6) is 5.75 Å². The first kappa shape index (κ1) is 24.0. The smallest absolute Gasteiger partial charge is 0.416 e. The zero-order valence-electron chi connectivity index (χ0n) is 18.2. The van der Waals surface area contributed by atoms with Crippen LogP contribution in [0.2, 0.25) is 0 Å². The highest BCUT2D eigenvalue weighted by atomic mass is 19.4. The number of aromatic carboxylic acids is 1. The van der Waals surface area contributed by atoms with Crippen molar-refractivity contribution >= 4 is 5.97 Å². The van der Waals surface area contributed by atoms with Gasteiger partial charge in [-0.05, 0) is 67.6 Å². The first-order chi connectivity index (χ1) is 16.5. The second-order valence-corrected chi connectivity index (χ2v) is 7.78. The standard InChI is InChI=1S/C26H18F5NO3/c1-15-5-9-23(32(15)20-4-2-3-16(11-20)25(33)34)21-12-18(26(29,30)31)7-10-24(21)35-14-17-6-8-19(27)13-22(17)28/h2-13H,14H2,1H3,(H,33,34). The highest BCUT2D eigenvalue weighted by molar-refractivity contribution is 5.88. The number of halogens is 5. The van der Waals surface area contributed by atoms with Gasteiger partial charge in [0.1, 0.15) is 24.0 Å². The van der Waals surface area contributed by atoms with Crippen molar-refractivity contribution in [3.63, 3.8) is 0 Å². The molecular weight excluding hydrogens is 469 g/mol. The van der Waals surface area contributed by atoms with Crippen molar-refractivity contribution in [1.29, 1.82) is 0 Å². The third-order valence-electron chi connectivity index (χ3n) is 5.41. The SMILES string of the molecule is Cc1ccc(-c2cc(C(F)(F)F)ccc2OCc2ccc(F)cc2F)n1-c1cccc(C(=O)O)c1. The monoisotopic (exact) mass is 487 g/mol. The van der Waals surface area contributed by atoms with Crippen molar-refractivity contribution in [3.05, 3.63) is 107 Å². The van der Waals surface area contributed by atoms with E-state index in [0.29, 0.717) is 23.1 Å². The zero-order chi connectivity index (χ0) is 25.3. The molecule has 0 saturated carbocycles. The van der Waals surface area contributed by atoms with Gasteiger partial charge in [-0.1, -0.05) is 6.07 Å². The summed E-state index contributed by atoms with van der Waals surface area (Å²) in [5.41, 5.74) is 0.553. The van der Waals surface area contributed by atoms with Crippen molar-refractivity contribution < 1.29 is 36.6 Å². The van der Waals surface area contributed by atoms with Crippen LogP contribution in [-0.4, -0.2) is 15.6 Å². The number of benzene rings is 3. The van der Waals surface area contributed by atoms with Crippen molar-refractivity contribution in [2.75, 3.05) is 0 Å². The summed E-state index contributed by atoms with van der Waals surface area (Å²) in [5, 5.41) is 9.34. The van der Waals surface area contributed by atoms with E-state index in [9.17, 15) is 31.9 Å². The van der Waals surface area contributed by atoms with E-state index >= 15 is 0 Å². The lowest BCUT2D eigenvalue weighted by atomic mass is 10.1. The number of carbonyl (C=O) groups is 1. The van der Waals surface area contributed by atoms with Gasteiger partial charge in [-0.2, -0.15) is 13.2 Å². The lowest BCUT2D eigenvalue weighted by molar-refractivity contribution is -0.137. The minimum absolute atomic E-state index is 0.00820. The first-order valence-electron chi connectivity index (χ1n) is 10.3. The fraction of sp³-hybridized carbons (Fsp3) is 0.115. The summed E-state index contributed by atoms with van der Waals surface area (Å²) in [6.45, 7) is 1.37. The molecule has 0 amide bonds. The van der Waals surface area contributed by atoms with Gasteiger partial charge in [-0.25, -0.2) is 13.6 Å². The Morgan fingerprint density at radius 2 is 1.74 bits per heavy atom. The van der Waals surface area contributed by atoms with Crippen LogP contribution in [0.4, 0.5) is 22.0 Å². The molecule has 0 aliphatic rings. The first-order valence-corrected chi connectivity index (χ1v) is 10.3. The third kappa shape index (κ3) is 5.03. The Labute approximate surface area is 196 Å². The molecule has 4 aromatic rings. The number of nitrogens with zero attached hydrogens (tertiary/aromatic N) is 1. The van der Waals surface area contributed by atoms with Crippen molar-refractivity contribution in [2.45, 2.75) is 19.7 Å². The molecule has 0 aliphatic carbocycles. The van der Waals surface area contributed by atoms with Gasteiger partial charge in [0, 0.05) is 28.6 Å². The van der Waals surface area contributed by atoms with Crippen LogP contribution in [-0.2, 0) is 12.8 Å². The van der Waals surface area contributed by atoms with E-state index in [1.165, 1.54) is 24.3 Å². The average molecular weight is 487 g/mol. The lowest BCUT2D eigenvalue weighted by Crippen LogP contribution is -2.08. The van der Waals surface area contributed by atoms with E-state index in [-0.39, 0.29) is 29.0 Å². The second-order valence-electron chi connectivity index (χ2n) is 7.78. The number of aryl methyl sites for hydroxylation is 1. The van der Waals surface area contributed by atoms with Gasteiger partial charge in [-0.15, -0.1) is 0 Å². The van der Waals surface area contributed by atoms with Gasteiger partial charge in [0.25, 0.3) is 0 Å². The summed E-state index contributed by atoms with van der Waals surface area (Å²) in [6.07, 6.45) is -4.63. The van der Waals surface area contributed by atoms with E-state index in [1.807, 2.05) is 0 Å². The number of hydrogen-bond acceptors (Lipinski definition) is 2. The molecule has 0 radical (unpaired) electrons. The number of carboxylic acid groups (broad SMARTS) is 1. The molecule has 9 heteroatoms. The van der Waals surface area contributed by atoms with Crippen LogP contribution in [0.25, 0.3) is 16.9 Å². The maximum absolute atomic E-state index is 14.1. The van der Waals surface area contributed by atoms with Gasteiger partial charge >= 0.3 is 12.1 Å². The summed E-state index contributed by atoms with van der Waals surface area (Å²) in [6, 6.07) is 15.1. The molecule has 4 rings (SSSR count). The summed E-state index contributed by atoms with van der Waals surface area (Å²) < 4.78 is 75.2. The van der Waals surface area contributed by atoms with Crippen LogP contribution in [0, 0.1) is 18.6 Å². The maximum Gasteiger partial charge on any atom is 0.416 e. The Morgan fingerprint density at radius 3 is 2.43 bits per heavy atom. The lowest BCUT2D eigenvalue weighted by Gasteiger charge is -2.18. The number of hydrogen-bond donors (Lipinski definition) is 1. The van der Waals surface area contributed by atoms with Gasteiger partial charge in [0.15, 0.2) is 0 Å². The Morgan fingerprint density at radius 1 is 0.971 bits per heavy atom. The van der Waals surface area contributed by atoms with Crippen molar-refractivity contribution in [1.82, 2.24) is 4.57 Å². The van der Waals surface area contributed by atoms with Crippen LogP contribution < -0.4 is 4.74 Å². The maximum atomic E-state index is 14.1. The molecule has 0 aliphatic heterocycles. The average Bonchev–Trinajstić information content (AvgIpc) is 3.19. The normalized spacial score (nSPS) is 11.5. The van der Waals surface area contributed by atoms with Gasteiger partial charge in [0.2, 0.25) is 0 Å². The highest BCUT2D eigenvalue weighted by Crippen LogP contribution is 2.39. The predicted octanol–water partition coefficient (Wildman–Crippen LogP) is 7.03. The molecular formula is C26H18F5NO3. The van der Waals surface area contributed by atoms with E-state index in [0.717, 1.165) is 24.3 Å². The summed E-state index contributed by atoms with van der Waals surface area (Å²) in [5.74, 6) is -2.72. The summed E-state index contributed by atoms with van der Waals surface area (Å²) in [7, 11) is 0. The van der Waals surface area contributed by atoms with E-state index < -0.39 is 29.3 Å². The number of rotatable bonds is 6. The molecule has 180 valence electrons. The molecule has 4 nitrogen and oxygen atoms in total. The molecule has 0 spiro atoms. The molecule has 0 atom stereocenters. The molecule has 0 saturated heterocycles. The van der Waals surface area contributed by atoms with Crippen molar-refractivity contribution in [3.8, 4) is 22.7 Å². The van der Waals surface area contributed by atoms with Crippen molar-refractivity contribution in [2.24, 2.45) is 0 Å². The van der Waals surface area contributed by atoms with Gasteiger partial charge in [-0.3, -0.25) is 0 Å². The fourth-order valence-corrected chi connectivity index (χ4v) is 3.70. The number of alkyl halides is 3. The van der Waals surface area contributed by atoms with Crippen LogP contribution in [0.1, 0.15) is 27.2 Å².